The number of anilines is 1. The van der Waals surface area contributed by atoms with E-state index in [1.807, 2.05) is 0 Å². The fraction of sp³-hybridized carbons (Fsp3) is 0.474. The number of hydrogen-bond acceptors (Lipinski definition) is 4. The molecule has 0 bridgehead atoms. The highest BCUT2D eigenvalue weighted by Crippen LogP contribution is 2.30. The van der Waals surface area contributed by atoms with Crippen LogP contribution in [0, 0.1) is 0 Å². The van der Waals surface area contributed by atoms with E-state index in [4.69, 9.17) is 9.72 Å². The van der Waals surface area contributed by atoms with Crippen LogP contribution in [0.1, 0.15) is 43.4 Å². The molecule has 3 rings (SSSR count). The van der Waals surface area contributed by atoms with Crippen LogP contribution in [0.4, 0.5) is 5.82 Å². The van der Waals surface area contributed by atoms with Gasteiger partial charge in [0.25, 0.3) is 0 Å². The van der Waals surface area contributed by atoms with Gasteiger partial charge in [0.05, 0.1) is 12.3 Å². The minimum atomic E-state index is -0.0881. The van der Waals surface area contributed by atoms with Gasteiger partial charge < -0.3 is 9.64 Å². The normalized spacial score (nSPS) is 14.6. The summed E-state index contributed by atoms with van der Waals surface area (Å²) in [5, 5.41) is 0. The molecule has 1 aliphatic heterocycles. The molecule has 5 heteroatoms. The Labute approximate surface area is 152 Å². The van der Waals surface area contributed by atoms with E-state index in [0.29, 0.717) is 6.61 Å². The number of nitrogens with zero attached hydrogens (tertiary/aromatic N) is 3. The molecule has 24 heavy (non-hydrogen) atoms. The third-order valence-corrected chi connectivity index (χ3v) is 5.00. The number of aromatic nitrogens is 2. The smallest absolute Gasteiger partial charge is 0.136 e. The molecular weight excluding hydrogens is 366 g/mol. The van der Waals surface area contributed by atoms with Gasteiger partial charge in [0.2, 0.25) is 0 Å². The molecule has 0 saturated carbocycles. The van der Waals surface area contributed by atoms with Gasteiger partial charge in [0, 0.05) is 36.2 Å². The van der Waals surface area contributed by atoms with Gasteiger partial charge in [-0.15, -0.1) is 0 Å². The number of methoxy groups -OCH3 is 1. The van der Waals surface area contributed by atoms with E-state index >= 15 is 0 Å². The molecular formula is C19H24BrN3O. The van der Waals surface area contributed by atoms with Gasteiger partial charge >= 0.3 is 0 Å². The Balaban J connectivity index is 1.96. The van der Waals surface area contributed by atoms with Crippen LogP contribution >= 0.6 is 15.9 Å². The van der Waals surface area contributed by atoms with Gasteiger partial charge in [-0.1, -0.05) is 48.8 Å². The zero-order valence-corrected chi connectivity index (χ0v) is 16.4. The molecule has 0 radical (unpaired) electrons. The summed E-state index contributed by atoms with van der Waals surface area (Å²) in [5.41, 5.74) is 3.62. The Bertz CT molecular complexity index is 740. The van der Waals surface area contributed by atoms with Crippen molar-refractivity contribution < 1.29 is 4.74 Å². The molecule has 0 atom stereocenters. The van der Waals surface area contributed by atoms with Gasteiger partial charge in [-0.05, 0) is 23.6 Å². The molecule has 0 saturated heterocycles. The lowest BCUT2D eigenvalue weighted by Crippen LogP contribution is -2.32. The Morgan fingerprint density at radius 3 is 2.75 bits per heavy atom. The van der Waals surface area contributed by atoms with Crippen molar-refractivity contribution in [3.8, 4) is 0 Å². The maximum atomic E-state index is 5.29. The Morgan fingerprint density at radius 1 is 1.25 bits per heavy atom. The molecule has 1 aliphatic rings. The van der Waals surface area contributed by atoms with E-state index in [1.54, 1.807) is 7.11 Å². The van der Waals surface area contributed by atoms with Crippen LogP contribution in [0.2, 0.25) is 0 Å². The Hall–Kier alpha value is -1.46. The summed E-state index contributed by atoms with van der Waals surface area (Å²) in [6, 6.07) is 8.48. The molecule has 0 amide bonds. The summed E-state index contributed by atoms with van der Waals surface area (Å²) < 4.78 is 6.50. The fourth-order valence-electron chi connectivity index (χ4n) is 2.96. The number of fused-ring (bicyclic) bond motifs is 1. The molecule has 4 nitrogen and oxygen atoms in total. The summed E-state index contributed by atoms with van der Waals surface area (Å²) in [6.45, 7) is 8.78. The fourth-order valence-corrected chi connectivity index (χ4v) is 3.57. The zero-order valence-electron chi connectivity index (χ0n) is 14.8. The predicted molar refractivity (Wildman–Crippen MR) is 100 cm³/mol. The molecule has 0 N–H and O–H groups in total. The molecule has 1 aromatic carbocycles. The van der Waals surface area contributed by atoms with Crippen molar-refractivity contribution in [2.75, 3.05) is 18.6 Å². The zero-order chi connectivity index (χ0) is 17.3. The third-order valence-electron chi connectivity index (χ3n) is 4.26. The summed E-state index contributed by atoms with van der Waals surface area (Å²) >= 11 is 3.67. The Kier molecular flexibility index (Phi) is 4.92. The first-order chi connectivity index (χ1) is 11.4. The maximum absolute atomic E-state index is 5.29. The van der Waals surface area contributed by atoms with Crippen molar-refractivity contribution in [3.05, 3.63) is 51.4 Å². The van der Waals surface area contributed by atoms with E-state index < -0.39 is 0 Å². The lowest BCUT2D eigenvalue weighted by Gasteiger charge is -2.31. The van der Waals surface area contributed by atoms with Crippen molar-refractivity contribution >= 4 is 21.7 Å². The van der Waals surface area contributed by atoms with Gasteiger partial charge in [-0.2, -0.15) is 0 Å². The second-order valence-electron chi connectivity index (χ2n) is 7.27. The summed E-state index contributed by atoms with van der Waals surface area (Å²) in [5.74, 6) is 1.86. The molecule has 2 aromatic rings. The minimum absolute atomic E-state index is 0.0881. The Morgan fingerprint density at radius 2 is 2.04 bits per heavy atom. The van der Waals surface area contributed by atoms with Gasteiger partial charge in [0.15, 0.2) is 0 Å². The minimum Gasteiger partial charge on any atom is -0.378 e. The summed E-state index contributed by atoms with van der Waals surface area (Å²) in [4.78, 5) is 11.9. The summed E-state index contributed by atoms with van der Waals surface area (Å²) in [6.07, 6.45) is 1.02. The van der Waals surface area contributed by atoms with Crippen molar-refractivity contribution in [2.45, 2.75) is 45.8 Å². The highest BCUT2D eigenvalue weighted by molar-refractivity contribution is 9.10. The topological polar surface area (TPSA) is 38.2 Å². The lowest BCUT2D eigenvalue weighted by molar-refractivity contribution is 0.181. The standard InChI is InChI=1S/C19H24BrN3O/c1-19(2,3)18-21-14(12-24-4)10-17(22-18)23-9-8-15-13(11-23)6-5-7-16(15)20/h5-7,10H,8-9,11-12H2,1-4H3. The van der Waals surface area contributed by atoms with Gasteiger partial charge in [0.1, 0.15) is 11.6 Å². The number of halogens is 1. The van der Waals surface area contributed by atoms with E-state index in [2.05, 4.69) is 70.9 Å². The van der Waals surface area contributed by atoms with E-state index in [-0.39, 0.29) is 5.41 Å². The molecule has 128 valence electrons. The average molecular weight is 390 g/mol. The van der Waals surface area contributed by atoms with Gasteiger partial charge in [-0.25, -0.2) is 9.97 Å². The van der Waals surface area contributed by atoms with E-state index in [9.17, 15) is 0 Å². The highest BCUT2D eigenvalue weighted by Gasteiger charge is 2.23. The highest BCUT2D eigenvalue weighted by atomic mass is 79.9. The summed E-state index contributed by atoms with van der Waals surface area (Å²) in [7, 11) is 1.70. The monoisotopic (exact) mass is 389 g/mol. The number of hydrogen-bond donors (Lipinski definition) is 0. The van der Waals surface area contributed by atoms with Crippen molar-refractivity contribution in [1.29, 1.82) is 0 Å². The van der Waals surface area contributed by atoms with Crippen molar-refractivity contribution in [3.63, 3.8) is 0 Å². The van der Waals surface area contributed by atoms with Crippen LogP contribution in [0.5, 0.6) is 0 Å². The van der Waals surface area contributed by atoms with E-state index in [0.717, 1.165) is 36.8 Å². The van der Waals surface area contributed by atoms with Gasteiger partial charge in [-0.3, -0.25) is 0 Å². The SMILES string of the molecule is COCc1cc(N2CCc3c(Br)cccc3C2)nc(C(C)(C)C)n1. The second-order valence-corrected chi connectivity index (χ2v) is 8.13. The third kappa shape index (κ3) is 3.62. The number of rotatable bonds is 3. The second kappa shape index (κ2) is 6.81. The predicted octanol–water partition coefficient (Wildman–Crippen LogP) is 4.25. The average Bonchev–Trinajstić information content (AvgIpc) is 2.54. The first kappa shape index (κ1) is 17.4. The molecule has 2 heterocycles. The van der Waals surface area contributed by atoms with Crippen LogP contribution in [0.15, 0.2) is 28.7 Å². The molecule has 0 unspecified atom stereocenters. The number of ether oxygens (including phenoxy) is 1. The first-order valence-corrected chi connectivity index (χ1v) is 9.06. The first-order valence-electron chi connectivity index (χ1n) is 8.27. The molecule has 0 fully saturated rings. The molecule has 1 aromatic heterocycles. The number of benzene rings is 1. The largest absolute Gasteiger partial charge is 0.378 e. The quantitative estimate of drug-likeness (QED) is 0.786. The van der Waals surface area contributed by atoms with Crippen LogP contribution in [0.25, 0.3) is 0 Å². The van der Waals surface area contributed by atoms with Crippen LogP contribution in [-0.4, -0.2) is 23.6 Å². The lowest BCUT2D eigenvalue weighted by atomic mass is 9.95. The molecule has 0 aliphatic carbocycles. The van der Waals surface area contributed by atoms with Crippen LogP contribution < -0.4 is 4.90 Å². The van der Waals surface area contributed by atoms with Crippen LogP contribution in [0.3, 0.4) is 0 Å². The van der Waals surface area contributed by atoms with E-state index in [1.165, 1.54) is 15.6 Å². The van der Waals surface area contributed by atoms with Crippen molar-refractivity contribution in [2.24, 2.45) is 0 Å². The molecule has 0 spiro atoms. The van der Waals surface area contributed by atoms with Crippen LogP contribution in [-0.2, 0) is 29.7 Å². The maximum Gasteiger partial charge on any atom is 0.136 e. The van der Waals surface area contributed by atoms with Crippen molar-refractivity contribution in [1.82, 2.24) is 9.97 Å².